The van der Waals surface area contributed by atoms with Crippen LogP contribution >= 0.6 is 27.5 Å². The van der Waals surface area contributed by atoms with Gasteiger partial charge in [-0.2, -0.15) is 0 Å². The van der Waals surface area contributed by atoms with E-state index in [2.05, 4.69) is 21.2 Å². The van der Waals surface area contributed by atoms with Gasteiger partial charge in [0.1, 0.15) is 5.82 Å². The Morgan fingerprint density at radius 2 is 2.22 bits per heavy atom. The van der Waals surface area contributed by atoms with Crippen molar-refractivity contribution in [2.24, 2.45) is 0 Å². The Balaban J connectivity index is 2.34. The number of halogens is 3. The summed E-state index contributed by atoms with van der Waals surface area (Å²) in [4.78, 5) is 11.7. The maximum Gasteiger partial charge on any atom is 0.254 e. The lowest BCUT2D eigenvalue weighted by Gasteiger charge is -2.06. The second-order valence-corrected chi connectivity index (χ2v) is 4.83. The summed E-state index contributed by atoms with van der Waals surface area (Å²) in [6, 6.07) is 4.25. The molecule has 0 aliphatic rings. The Morgan fingerprint density at radius 3 is 2.94 bits per heavy atom. The molecule has 0 fully saturated rings. The number of amides is 1. The molecule has 0 heterocycles. The Morgan fingerprint density at radius 1 is 1.44 bits per heavy atom. The number of nitrogens with one attached hydrogen (secondary N) is 1. The first-order valence-corrected chi connectivity index (χ1v) is 6.85. The molecule has 1 rings (SSSR count). The van der Waals surface area contributed by atoms with Gasteiger partial charge in [0.25, 0.3) is 5.91 Å². The van der Waals surface area contributed by atoms with Gasteiger partial charge in [0.05, 0.1) is 12.2 Å². The number of hydrogen-bond acceptors (Lipinski definition) is 2. The van der Waals surface area contributed by atoms with Crippen molar-refractivity contribution >= 4 is 33.4 Å². The van der Waals surface area contributed by atoms with E-state index in [1.807, 2.05) is 0 Å². The van der Waals surface area contributed by atoms with Gasteiger partial charge in [-0.1, -0.05) is 15.9 Å². The van der Waals surface area contributed by atoms with Crippen LogP contribution in [0.5, 0.6) is 0 Å². The Kier molecular flexibility index (Phi) is 7.23. The van der Waals surface area contributed by atoms with Crippen molar-refractivity contribution in [3.8, 4) is 0 Å². The molecule has 0 spiro atoms. The fourth-order valence-electron chi connectivity index (χ4n) is 1.30. The molecule has 0 atom stereocenters. The van der Waals surface area contributed by atoms with E-state index in [1.165, 1.54) is 12.1 Å². The fraction of sp³-hybridized carbons (Fsp3) is 0.417. The highest BCUT2D eigenvalue weighted by atomic mass is 79.9. The van der Waals surface area contributed by atoms with Gasteiger partial charge in [-0.3, -0.25) is 4.79 Å². The van der Waals surface area contributed by atoms with Gasteiger partial charge >= 0.3 is 0 Å². The first kappa shape index (κ1) is 15.4. The number of alkyl halides is 1. The highest BCUT2D eigenvalue weighted by Crippen LogP contribution is 2.15. The Labute approximate surface area is 119 Å². The third-order valence-corrected chi connectivity index (χ3v) is 2.79. The second-order valence-electron chi connectivity index (χ2n) is 3.53. The minimum Gasteiger partial charge on any atom is -0.380 e. The van der Waals surface area contributed by atoms with Crippen LogP contribution in [0, 0.1) is 5.82 Å². The molecular weight excluding hydrogens is 324 g/mol. The van der Waals surface area contributed by atoms with Crippen LogP contribution < -0.4 is 5.32 Å². The quantitative estimate of drug-likeness (QED) is 0.613. The van der Waals surface area contributed by atoms with Gasteiger partial charge in [-0.25, -0.2) is 4.39 Å². The van der Waals surface area contributed by atoms with E-state index >= 15 is 0 Å². The number of benzene rings is 1. The zero-order valence-electron chi connectivity index (χ0n) is 9.72. The molecule has 1 amide bonds. The molecule has 0 aliphatic carbocycles. The molecule has 6 heteroatoms. The van der Waals surface area contributed by atoms with Crippen molar-refractivity contribution < 1.29 is 13.9 Å². The standard InChI is InChI=1S/C12H14BrClFNO2/c13-9-2-3-11(15)10(8-9)12(17)16-5-1-6-18-7-4-14/h2-3,8H,1,4-7H2,(H,16,17). The molecule has 1 aromatic rings. The van der Waals surface area contributed by atoms with Crippen molar-refractivity contribution in [2.45, 2.75) is 6.42 Å². The van der Waals surface area contributed by atoms with Gasteiger partial charge < -0.3 is 10.1 Å². The highest BCUT2D eigenvalue weighted by molar-refractivity contribution is 9.10. The number of carbonyl (C=O) groups excluding carboxylic acids is 1. The van der Waals surface area contributed by atoms with E-state index in [0.717, 1.165) is 0 Å². The molecule has 100 valence electrons. The van der Waals surface area contributed by atoms with E-state index in [-0.39, 0.29) is 5.56 Å². The van der Waals surface area contributed by atoms with Crippen LogP contribution in [0.2, 0.25) is 0 Å². The summed E-state index contributed by atoms with van der Waals surface area (Å²) in [5.41, 5.74) is 0.0334. The summed E-state index contributed by atoms with van der Waals surface area (Å²) < 4.78 is 19.2. The van der Waals surface area contributed by atoms with Crippen LogP contribution in [-0.4, -0.2) is 31.5 Å². The average Bonchev–Trinajstić information content (AvgIpc) is 2.36. The first-order chi connectivity index (χ1) is 8.65. The third kappa shape index (κ3) is 5.33. The Hall–Kier alpha value is -0.650. The molecule has 1 N–H and O–H groups in total. The summed E-state index contributed by atoms with van der Waals surface area (Å²) in [6.45, 7) is 1.46. The molecule has 0 saturated carbocycles. The predicted molar refractivity (Wildman–Crippen MR) is 72.6 cm³/mol. The van der Waals surface area contributed by atoms with Crippen molar-refractivity contribution in [3.63, 3.8) is 0 Å². The van der Waals surface area contributed by atoms with Gasteiger partial charge in [-0.05, 0) is 24.6 Å². The van der Waals surface area contributed by atoms with Crippen molar-refractivity contribution in [1.82, 2.24) is 5.32 Å². The van der Waals surface area contributed by atoms with E-state index < -0.39 is 11.7 Å². The van der Waals surface area contributed by atoms with Crippen molar-refractivity contribution in [3.05, 3.63) is 34.1 Å². The zero-order valence-corrected chi connectivity index (χ0v) is 12.1. The van der Waals surface area contributed by atoms with E-state index in [4.69, 9.17) is 16.3 Å². The minimum atomic E-state index is -0.533. The molecular formula is C12H14BrClFNO2. The number of hydrogen-bond donors (Lipinski definition) is 1. The monoisotopic (exact) mass is 337 g/mol. The van der Waals surface area contributed by atoms with Crippen LogP contribution in [0.1, 0.15) is 16.8 Å². The molecule has 0 aromatic heterocycles. The number of ether oxygens (including phenoxy) is 1. The fourth-order valence-corrected chi connectivity index (χ4v) is 1.77. The molecule has 0 bridgehead atoms. The molecule has 1 aromatic carbocycles. The number of rotatable bonds is 7. The second kappa shape index (κ2) is 8.45. The summed E-state index contributed by atoms with van der Waals surface area (Å²) >= 11 is 8.63. The van der Waals surface area contributed by atoms with Gasteiger partial charge in [-0.15, -0.1) is 11.6 Å². The largest absolute Gasteiger partial charge is 0.380 e. The van der Waals surface area contributed by atoms with Crippen molar-refractivity contribution in [2.75, 3.05) is 25.6 Å². The maximum atomic E-state index is 13.4. The van der Waals surface area contributed by atoms with Crippen LogP contribution in [0.4, 0.5) is 4.39 Å². The molecule has 18 heavy (non-hydrogen) atoms. The van der Waals surface area contributed by atoms with Crippen LogP contribution in [0.15, 0.2) is 22.7 Å². The van der Waals surface area contributed by atoms with Gasteiger partial charge in [0, 0.05) is 23.5 Å². The van der Waals surface area contributed by atoms with E-state index in [9.17, 15) is 9.18 Å². The van der Waals surface area contributed by atoms with Crippen LogP contribution in [-0.2, 0) is 4.74 Å². The summed E-state index contributed by atoms with van der Waals surface area (Å²) in [6.07, 6.45) is 0.665. The highest BCUT2D eigenvalue weighted by Gasteiger charge is 2.11. The third-order valence-electron chi connectivity index (χ3n) is 2.15. The van der Waals surface area contributed by atoms with Crippen LogP contribution in [0.3, 0.4) is 0 Å². The van der Waals surface area contributed by atoms with Crippen LogP contribution in [0.25, 0.3) is 0 Å². The molecule has 0 radical (unpaired) electrons. The normalized spacial score (nSPS) is 10.4. The molecule has 0 saturated heterocycles. The Bertz CT molecular complexity index is 404. The van der Waals surface area contributed by atoms with Crippen molar-refractivity contribution in [1.29, 1.82) is 0 Å². The minimum absolute atomic E-state index is 0.0334. The lowest BCUT2D eigenvalue weighted by atomic mass is 10.2. The molecule has 3 nitrogen and oxygen atoms in total. The molecule has 0 unspecified atom stereocenters. The number of carbonyl (C=O) groups is 1. The maximum absolute atomic E-state index is 13.4. The first-order valence-electron chi connectivity index (χ1n) is 5.52. The average molecular weight is 339 g/mol. The van der Waals surface area contributed by atoms with Gasteiger partial charge in [0.15, 0.2) is 0 Å². The summed E-state index contributed by atoms with van der Waals surface area (Å²) in [5.74, 6) is -0.504. The predicted octanol–water partition coefficient (Wildman–Crippen LogP) is 2.96. The lowest BCUT2D eigenvalue weighted by Crippen LogP contribution is -2.26. The summed E-state index contributed by atoms with van der Waals surface area (Å²) in [7, 11) is 0. The summed E-state index contributed by atoms with van der Waals surface area (Å²) in [5, 5.41) is 2.63. The molecule has 0 aliphatic heterocycles. The smallest absolute Gasteiger partial charge is 0.254 e. The zero-order chi connectivity index (χ0) is 13.4. The lowest BCUT2D eigenvalue weighted by molar-refractivity contribution is 0.0940. The van der Waals surface area contributed by atoms with E-state index in [0.29, 0.717) is 36.5 Å². The van der Waals surface area contributed by atoms with Gasteiger partial charge in [0.2, 0.25) is 0 Å². The van der Waals surface area contributed by atoms with E-state index in [1.54, 1.807) is 6.07 Å². The SMILES string of the molecule is O=C(NCCCOCCCl)c1cc(Br)ccc1F. The topological polar surface area (TPSA) is 38.3 Å².